The lowest BCUT2D eigenvalue weighted by Gasteiger charge is -2.08. The van der Waals surface area contributed by atoms with Gasteiger partial charge in [0.25, 0.3) is 0 Å². The minimum Gasteiger partial charge on any atom is -0.495 e. The number of benzene rings is 1. The SMILES string of the molecule is COc1cc(OCCCSC)ccc1Br. The zero-order valence-corrected chi connectivity index (χ0v) is 11.4. The van der Waals surface area contributed by atoms with Crippen LogP contribution in [-0.2, 0) is 0 Å². The number of rotatable bonds is 6. The molecular weight excluding hydrogens is 276 g/mol. The first-order chi connectivity index (χ1) is 7.27. The van der Waals surface area contributed by atoms with E-state index in [2.05, 4.69) is 22.2 Å². The van der Waals surface area contributed by atoms with Crippen molar-refractivity contribution >= 4 is 27.7 Å². The Kier molecular flexibility index (Phi) is 5.95. The van der Waals surface area contributed by atoms with E-state index in [1.165, 1.54) is 0 Å². The van der Waals surface area contributed by atoms with E-state index < -0.39 is 0 Å². The molecule has 1 rings (SSSR count). The molecule has 1 aromatic carbocycles. The van der Waals surface area contributed by atoms with Gasteiger partial charge in [-0.25, -0.2) is 0 Å². The number of halogens is 1. The van der Waals surface area contributed by atoms with Crippen LogP contribution in [0.15, 0.2) is 22.7 Å². The number of ether oxygens (including phenoxy) is 2. The van der Waals surface area contributed by atoms with Gasteiger partial charge >= 0.3 is 0 Å². The second-order valence-corrected chi connectivity index (χ2v) is 4.83. The summed E-state index contributed by atoms with van der Waals surface area (Å²) in [5.41, 5.74) is 0. The highest BCUT2D eigenvalue weighted by molar-refractivity contribution is 9.10. The molecule has 84 valence electrons. The van der Waals surface area contributed by atoms with E-state index in [1.54, 1.807) is 7.11 Å². The molecule has 2 nitrogen and oxygen atoms in total. The maximum absolute atomic E-state index is 5.59. The summed E-state index contributed by atoms with van der Waals surface area (Å²) in [5.74, 6) is 2.79. The van der Waals surface area contributed by atoms with Gasteiger partial charge in [0.05, 0.1) is 18.2 Å². The topological polar surface area (TPSA) is 18.5 Å². The lowest BCUT2D eigenvalue weighted by Crippen LogP contribution is -1.98. The molecule has 0 unspecified atom stereocenters. The fourth-order valence-corrected chi connectivity index (χ4v) is 1.94. The summed E-state index contributed by atoms with van der Waals surface area (Å²) in [7, 11) is 1.65. The number of hydrogen-bond donors (Lipinski definition) is 0. The second kappa shape index (κ2) is 7.01. The predicted molar refractivity (Wildman–Crippen MR) is 69.2 cm³/mol. The zero-order valence-electron chi connectivity index (χ0n) is 8.96. The van der Waals surface area contributed by atoms with Crippen LogP contribution >= 0.6 is 27.7 Å². The summed E-state index contributed by atoms with van der Waals surface area (Å²) in [5, 5.41) is 0. The first-order valence-electron chi connectivity index (χ1n) is 4.73. The van der Waals surface area contributed by atoms with Gasteiger partial charge in [-0.05, 0) is 46.5 Å². The highest BCUT2D eigenvalue weighted by Crippen LogP contribution is 2.28. The summed E-state index contributed by atoms with van der Waals surface area (Å²) in [6.45, 7) is 0.756. The third-order valence-corrected chi connectivity index (χ3v) is 3.24. The van der Waals surface area contributed by atoms with Crippen LogP contribution < -0.4 is 9.47 Å². The van der Waals surface area contributed by atoms with E-state index in [-0.39, 0.29) is 0 Å². The number of thioether (sulfide) groups is 1. The molecule has 0 heterocycles. The van der Waals surface area contributed by atoms with E-state index >= 15 is 0 Å². The van der Waals surface area contributed by atoms with Crippen molar-refractivity contribution < 1.29 is 9.47 Å². The largest absolute Gasteiger partial charge is 0.495 e. The first-order valence-corrected chi connectivity index (χ1v) is 6.92. The molecule has 0 fully saturated rings. The third kappa shape index (κ3) is 4.34. The maximum atomic E-state index is 5.59. The minimum absolute atomic E-state index is 0.756. The van der Waals surface area contributed by atoms with Gasteiger partial charge in [-0.1, -0.05) is 0 Å². The zero-order chi connectivity index (χ0) is 11.1. The molecule has 0 aliphatic heterocycles. The molecule has 0 N–H and O–H groups in total. The molecule has 0 bridgehead atoms. The van der Waals surface area contributed by atoms with Crippen LogP contribution in [0.4, 0.5) is 0 Å². The van der Waals surface area contributed by atoms with Crippen molar-refractivity contribution in [2.24, 2.45) is 0 Å². The van der Waals surface area contributed by atoms with Crippen molar-refractivity contribution in [2.75, 3.05) is 25.7 Å². The van der Waals surface area contributed by atoms with E-state index in [9.17, 15) is 0 Å². The van der Waals surface area contributed by atoms with Gasteiger partial charge in [-0.2, -0.15) is 11.8 Å². The van der Waals surface area contributed by atoms with Crippen LogP contribution in [0.25, 0.3) is 0 Å². The molecule has 0 saturated heterocycles. The summed E-state index contributed by atoms with van der Waals surface area (Å²) >= 11 is 5.23. The Balaban J connectivity index is 2.47. The highest BCUT2D eigenvalue weighted by atomic mass is 79.9. The average Bonchev–Trinajstić information content (AvgIpc) is 2.26. The smallest absolute Gasteiger partial charge is 0.136 e. The van der Waals surface area contributed by atoms with Crippen molar-refractivity contribution in [1.82, 2.24) is 0 Å². The molecule has 0 atom stereocenters. The van der Waals surface area contributed by atoms with E-state index in [1.807, 2.05) is 30.0 Å². The Labute approximate surface area is 103 Å². The molecule has 15 heavy (non-hydrogen) atoms. The van der Waals surface area contributed by atoms with Gasteiger partial charge < -0.3 is 9.47 Å². The van der Waals surface area contributed by atoms with Gasteiger partial charge in [0.15, 0.2) is 0 Å². The Morgan fingerprint density at radius 2 is 2.20 bits per heavy atom. The van der Waals surface area contributed by atoms with Crippen LogP contribution in [0.1, 0.15) is 6.42 Å². The summed E-state index contributed by atoms with van der Waals surface area (Å²) in [4.78, 5) is 0. The normalized spacial score (nSPS) is 10.1. The third-order valence-electron chi connectivity index (χ3n) is 1.88. The fourth-order valence-electron chi connectivity index (χ4n) is 1.12. The molecule has 4 heteroatoms. The summed E-state index contributed by atoms with van der Waals surface area (Å²) in [6, 6.07) is 5.76. The summed E-state index contributed by atoms with van der Waals surface area (Å²) in [6.07, 6.45) is 3.17. The van der Waals surface area contributed by atoms with Crippen molar-refractivity contribution in [3.63, 3.8) is 0 Å². The fraction of sp³-hybridized carbons (Fsp3) is 0.455. The van der Waals surface area contributed by atoms with Gasteiger partial charge in [-0.15, -0.1) is 0 Å². The van der Waals surface area contributed by atoms with E-state index in [0.717, 1.165) is 34.8 Å². The highest BCUT2D eigenvalue weighted by Gasteiger charge is 2.01. The molecule has 0 radical (unpaired) electrons. The van der Waals surface area contributed by atoms with Crippen LogP contribution in [0.2, 0.25) is 0 Å². The lowest BCUT2D eigenvalue weighted by molar-refractivity contribution is 0.315. The molecule has 0 aromatic heterocycles. The Morgan fingerprint density at radius 3 is 2.87 bits per heavy atom. The molecule has 0 spiro atoms. The quantitative estimate of drug-likeness (QED) is 0.746. The first kappa shape index (κ1) is 12.7. The standard InChI is InChI=1S/C11H15BrO2S/c1-13-11-8-9(4-5-10(11)12)14-6-3-7-15-2/h4-5,8H,3,6-7H2,1-2H3. The monoisotopic (exact) mass is 290 g/mol. The van der Waals surface area contributed by atoms with Crippen LogP contribution in [0.3, 0.4) is 0 Å². The number of hydrogen-bond acceptors (Lipinski definition) is 3. The predicted octanol–water partition coefficient (Wildman–Crippen LogP) is 3.59. The van der Waals surface area contributed by atoms with Gasteiger partial charge in [0.2, 0.25) is 0 Å². The van der Waals surface area contributed by atoms with Gasteiger partial charge in [0, 0.05) is 6.07 Å². The molecule has 1 aromatic rings. The van der Waals surface area contributed by atoms with Gasteiger partial charge in [-0.3, -0.25) is 0 Å². The van der Waals surface area contributed by atoms with Gasteiger partial charge in [0.1, 0.15) is 11.5 Å². The maximum Gasteiger partial charge on any atom is 0.136 e. The molecule has 0 saturated carbocycles. The Hall–Kier alpha value is -0.350. The van der Waals surface area contributed by atoms with Crippen molar-refractivity contribution in [3.8, 4) is 11.5 Å². The minimum atomic E-state index is 0.756. The number of methoxy groups -OCH3 is 1. The van der Waals surface area contributed by atoms with E-state index in [0.29, 0.717) is 0 Å². The molecule has 0 amide bonds. The van der Waals surface area contributed by atoms with Crippen molar-refractivity contribution in [3.05, 3.63) is 22.7 Å². The molecule has 0 aliphatic carbocycles. The molecular formula is C11H15BrO2S. The second-order valence-electron chi connectivity index (χ2n) is 2.99. The molecule has 0 aliphatic rings. The Morgan fingerprint density at radius 1 is 1.40 bits per heavy atom. The average molecular weight is 291 g/mol. The Bertz CT molecular complexity index is 305. The summed E-state index contributed by atoms with van der Waals surface area (Å²) < 4.78 is 11.7. The van der Waals surface area contributed by atoms with Crippen LogP contribution in [0.5, 0.6) is 11.5 Å². The lowest BCUT2D eigenvalue weighted by atomic mass is 10.3. The van der Waals surface area contributed by atoms with Crippen molar-refractivity contribution in [2.45, 2.75) is 6.42 Å². The van der Waals surface area contributed by atoms with E-state index in [4.69, 9.17) is 9.47 Å². The van der Waals surface area contributed by atoms with Crippen LogP contribution in [-0.4, -0.2) is 25.7 Å². The van der Waals surface area contributed by atoms with Crippen LogP contribution in [0, 0.1) is 0 Å². The van der Waals surface area contributed by atoms with Crippen molar-refractivity contribution in [1.29, 1.82) is 0 Å².